The first-order valence-corrected chi connectivity index (χ1v) is 8.38. The van der Waals surface area contributed by atoms with Crippen molar-refractivity contribution in [2.75, 3.05) is 12.8 Å². The highest BCUT2D eigenvalue weighted by Gasteiger charge is 2.26. The van der Waals surface area contributed by atoms with Gasteiger partial charge < -0.3 is 15.8 Å². The molecule has 1 aliphatic carbocycles. The molecule has 2 unspecified atom stereocenters. The second-order valence-electron chi connectivity index (χ2n) is 5.34. The van der Waals surface area contributed by atoms with Gasteiger partial charge in [0.05, 0.1) is 22.8 Å². The average molecular weight is 310 g/mol. The van der Waals surface area contributed by atoms with E-state index in [-0.39, 0.29) is 11.9 Å². The van der Waals surface area contributed by atoms with E-state index in [0.29, 0.717) is 16.3 Å². The van der Waals surface area contributed by atoms with Crippen molar-refractivity contribution < 1.29 is 13.7 Å². The van der Waals surface area contributed by atoms with Gasteiger partial charge in [-0.3, -0.25) is 9.00 Å². The lowest BCUT2D eigenvalue weighted by Gasteiger charge is -2.17. The summed E-state index contributed by atoms with van der Waals surface area (Å²) in [5.74, 6) is 0.285. The van der Waals surface area contributed by atoms with E-state index in [1.165, 1.54) is 7.11 Å². The van der Waals surface area contributed by atoms with Crippen molar-refractivity contribution in [1.29, 1.82) is 0 Å². The number of hydrogen-bond acceptors (Lipinski definition) is 4. The van der Waals surface area contributed by atoms with E-state index >= 15 is 0 Å². The number of anilines is 1. The van der Waals surface area contributed by atoms with Gasteiger partial charge in [0.25, 0.3) is 0 Å². The Morgan fingerprint density at radius 1 is 1.43 bits per heavy atom. The SMILES string of the molecule is COc1cc(N)ccc1S(=O)C(C)C(=O)NC1CCCC1. The molecule has 2 atom stereocenters. The Kier molecular flexibility index (Phi) is 5.22. The molecule has 0 saturated heterocycles. The summed E-state index contributed by atoms with van der Waals surface area (Å²) in [6.07, 6.45) is 4.31. The van der Waals surface area contributed by atoms with Crippen LogP contribution in [0.15, 0.2) is 23.1 Å². The van der Waals surface area contributed by atoms with Gasteiger partial charge >= 0.3 is 0 Å². The lowest BCUT2D eigenvalue weighted by Crippen LogP contribution is -2.40. The minimum Gasteiger partial charge on any atom is -0.495 e. The number of hydrogen-bond donors (Lipinski definition) is 2. The van der Waals surface area contributed by atoms with Gasteiger partial charge in [0.15, 0.2) is 0 Å². The lowest BCUT2D eigenvalue weighted by molar-refractivity contribution is -0.121. The number of methoxy groups -OCH3 is 1. The molecule has 1 amide bonds. The fourth-order valence-electron chi connectivity index (χ4n) is 2.53. The van der Waals surface area contributed by atoms with Gasteiger partial charge in [0.2, 0.25) is 5.91 Å². The number of benzene rings is 1. The first-order chi connectivity index (χ1) is 10.0. The normalized spacial score (nSPS) is 18.2. The molecule has 6 heteroatoms. The zero-order valence-electron chi connectivity index (χ0n) is 12.4. The zero-order chi connectivity index (χ0) is 15.4. The summed E-state index contributed by atoms with van der Waals surface area (Å²) in [4.78, 5) is 12.7. The van der Waals surface area contributed by atoms with Gasteiger partial charge in [-0.25, -0.2) is 0 Å². The smallest absolute Gasteiger partial charge is 0.236 e. The number of nitrogen functional groups attached to an aromatic ring is 1. The maximum absolute atomic E-state index is 12.6. The van der Waals surface area contributed by atoms with Crippen LogP contribution in [0.5, 0.6) is 5.75 Å². The van der Waals surface area contributed by atoms with Crippen LogP contribution in [0.1, 0.15) is 32.6 Å². The van der Waals surface area contributed by atoms with Gasteiger partial charge in [-0.15, -0.1) is 0 Å². The minimum atomic E-state index is -1.47. The molecule has 1 aromatic rings. The molecule has 1 aliphatic rings. The van der Waals surface area contributed by atoms with Gasteiger partial charge in [0.1, 0.15) is 11.0 Å². The Hall–Kier alpha value is -1.56. The summed E-state index contributed by atoms with van der Waals surface area (Å²) >= 11 is 0. The van der Waals surface area contributed by atoms with Gasteiger partial charge in [0, 0.05) is 17.8 Å². The predicted octanol–water partition coefficient (Wildman–Crippen LogP) is 1.83. The molecule has 0 bridgehead atoms. The maximum Gasteiger partial charge on any atom is 0.236 e. The number of rotatable bonds is 5. The number of ether oxygens (including phenoxy) is 1. The molecule has 0 heterocycles. The molecule has 0 aliphatic heterocycles. The average Bonchev–Trinajstić information content (AvgIpc) is 2.98. The highest BCUT2D eigenvalue weighted by molar-refractivity contribution is 7.86. The number of carbonyl (C=O) groups excluding carboxylic acids is 1. The number of nitrogens with one attached hydrogen (secondary N) is 1. The van der Waals surface area contributed by atoms with E-state index in [4.69, 9.17) is 10.5 Å². The topological polar surface area (TPSA) is 81.4 Å². The molecule has 21 heavy (non-hydrogen) atoms. The highest BCUT2D eigenvalue weighted by Crippen LogP contribution is 2.27. The summed E-state index contributed by atoms with van der Waals surface area (Å²) in [5.41, 5.74) is 6.23. The summed E-state index contributed by atoms with van der Waals surface area (Å²) in [7, 11) is 0.0282. The van der Waals surface area contributed by atoms with Crippen LogP contribution in [-0.2, 0) is 15.6 Å². The molecular weight excluding hydrogens is 288 g/mol. The molecule has 116 valence electrons. The van der Waals surface area contributed by atoms with Crippen LogP contribution in [0.3, 0.4) is 0 Å². The van der Waals surface area contributed by atoms with Crippen molar-refractivity contribution in [2.45, 2.75) is 48.8 Å². The lowest BCUT2D eigenvalue weighted by atomic mass is 10.2. The third-order valence-electron chi connectivity index (χ3n) is 3.80. The Labute approximate surface area is 127 Å². The summed E-state index contributed by atoms with van der Waals surface area (Å²) < 4.78 is 17.8. The largest absolute Gasteiger partial charge is 0.495 e. The van der Waals surface area contributed by atoms with Crippen LogP contribution in [0.2, 0.25) is 0 Å². The fraction of sp³-hybridized carbons (Fsp3) is 0.533. The molecule has 2 rings (SSSR count). The first kappa shape index (κ1) is 15.8. The number of nitrogens with two attached hydrogens (primary N) is 1. The fourth-order valence-corrected chi connectivity index (χ4v) is 3.71. The van der Waals surface area contributed by atoms with E-state index in [1.807, 2.05) is 0 Å². The van der Waals surface area contributed by atoms with Gasteiger partial charge in [-0.05, 0) is 31.9 Å². The second kappa shape index (κ2) is 6.93. The molecule has 0 radical (unpaired) electrons. The van der Waals surface area contributed by atoms with Gasteiger partial charge in [-0.2, -0.15) is 0 Å². The van der Waals surface area contributed by atoms with Crippen LogP contribution in [0.4, 0.5) is 5.69 Å². The molecular formula is C15H22N2O3S. The summed E-state index contributed by atoms with van der Waals surface area (Å²) in [6.45, 7) is 1.68. The summed E-state index contributed by atoms with van der Waals surface area (Å²) in [5, 5.41) is 2.36. The maximum atomic E-state index is 12.6. The Morgan fingerprint density at radius 3 is 2.71 bits per heavy atom. The second-order valence-corrected chi connectivity index (χ2v) is 7.08. The summed E-state index contributed by atoms with van der Waals surface area (Å²) in [6, 6.07) is 5.17. The monoisotopic (exact) mass is 310 g/mol. The number of carbonyl (C=O) groups is 1. The van der Waals surface area contributed by atoms with Crippen LogP contribution in [-0.4, -0.2) is 28.5 Å². The Balaban J connectivity index is 2.09. The van der Waals surface area contributed by atoms with Crippen molar-refractivity contribution in [1.82, 2.24) is 5.32 Å². The predicted molar refractivity (Wildman–Crippen MR) is 83.7 cm³/mol. The molecule has 1 fully saturated rings. The molecule has 1 saturated carbocycles. The van der Waals surface area contributed by atoms with Crippen molar-refractivity contribution >= 4 is 22.4 Å². The third-order valence-corrected chi connectivity index (χ3v) is 5.42. The van der Waals surface area contributed by atoms with Gasteiger partial charge in [-0.1, -0.05) is 12.8 Å². The van der Waals surface area contributed by atoms with E-state index in [0.717, 1.165) is 25.7 Å². The highest BCUT2D eigenvalue weighted by atomic mass is 32.2. The van der Waals surface area contributed by atoms with E-state index in [2.05, 4.69) is 5.32 Å². The van der Waals surface area contributed by atoms with Crippen LogP contribution in [0, 0.1) is 0 Å². The zero-order valence-corrected chi connectivity index (χ0v) is 13.2. The van der Waals surface area contributed by atoms with Crippen LogP contribution >= 0.6 is 0 Å². The number of amides is 1. The Morgan fingerprint density at radius 2 is 2.10 bits per heavy atom. The molecule has 0 aromatic heterocycles. The van der Waals surface area contributed by atoms with Crippen molar-refractivity contribution in [3.05, 3.63) is 18.2 Å². The molecule has 0 spiro atoms. The third kappa shape index (κ3) is 3.75. The first-order valence-electron chi connectivity index (χ1n) is 7.17. The van der Waals surface area contributed by atoms with Crippen molar-refractivity contribution in [3.8, 4) is 5.75 Å². The standard InChI is InChI=1S/C15H22N2O3S/c1-10(15(18)17-12-5-3-4-6-12)21(19)14-8-7-11(16)9-13(14)20-2/h7-10,12H,3-6,16H2,1-2H3,(H,17,18). The van der Waals surface area contributed by atoms with E-state index in [1.54, 1.807) is 25.1 Å². The van der Waals surface area contributed by atoms with Crippen molar-refractivity contribution in [3.63, 3.8) is 0 Å². The Bertz CT molecular complexity index is 542. The minimum absolute atomic E-state index is 0.167. The quantitative estimate of drug-likeness (QED) is 0.813. The van der Waals surface area contributed by atoms with E-state index < -0.39 is 16.0 Å². The molecule has 1 aromatic carbocycles. The van der Waals surface area contributed by atoms with Crippen LogP contribution in [0.25, 0.3) is 0 Å². The van der Waals surface area contributed by atoms with Crippen molar-refractivity contribution in [2.24, 2.45) is 0 Å². The van der Waals surface area contributed by atoms with E-state index in [9.17, 15) is 9.00 Å². The van der Waals surface area contributed by atoms with Crippen LogP contribution < -0.4 is 15.8 Å². The molecule has 5 nitrogen and oxygen atoms in total. The molecule has 3 N–H and O–H groups in total.